The molecule has 0 aliphatic heterocycles. The molecule has 2 nitrogen and oxygen atoms in total. The molecule has 0 atom stereocenters. The summed E-state index contributed by atoms with van der Waals surface area (Å²) >= 11 is 5.80. The first-order chi connectivity index (χ1) is 6.27. The molecule has 0 N–H and O–H groups in total. The topological polar surface area (TPSA) is 17.8 Å². The summed E-state index contributed by atoms with van der Waals surface area (Å²) in [5.74, 6) is 0.579. The summed E-state index contributed by atoms with van der Waals surface area (Å²) in [5, 5.41) is 4.39. The fraction of sp³-hybridized carbons (Fsp3) is 0.700. The molecule has 0 saturated carbocycles. The van der Waals surface area contributed by atoms with Gasteiger partial charge in [0.25, 0.3) is 0 Å². The van der Waals surface area contributed by atoms with Crippen LogP contribution in [0.3, 0.4) is 0 Å². The first-order valence-corrected chi connectivity index (χ1v) is 5.38. The zero-order chi connectivity index (χ0) is 9.68. The van der Waals surface area contributed by atoms with Crippen LogP contribution in [0.15, 0.2) is 6.20 Å². The van der Waals surface area contributed by atoms with Crippen molar-refractivity contribution in [3.63, 3.8) is 0 Å². The van der Waals surface area contributed by atoms with Crippen molar-refractivity contribution in [3.8, 4) is 0 Å². The van der Waals surface area contributed by atoms with E-state index in [4.69, 9.17) is 11.6 Å². The SMILES string of the molecule is CCCCCc1nn(C)cc1CCl. The first-order valence-electron chi connectivity index (χ1n) is 4.85. The van der Waals surface area contributed by atoms with Crippen molar-refractivity contribution in [2.24, 2.45) is 7.05 Å². The molecular weight excluding hydrogens is 184 g/mol. The number of hydrogen-bond acceptors (Lipinski definition) is 1. The van der Waals surface area contributed by atoms with Gasteiger partial charge in [0.1, 0.15) is 0 Å². The van der Waals surface area contributed by atoms with Crippen molar-refractivity contribution in [1.82, 2.24) is 9.78 Å². The van der Waals surface area contributed by atoms with Crippen LogP contribution in [0.1, 0.15) is 37.4 Å². The number of aryl methyl sites for hydroxylation is 2. The molecule has 0 aliphatic rings. The van der Waals surface area contributed by atoms with E-state index in [9.17, 15) is 0 Å². The van der Waals surface area contributed by atoms with Crippen LogP contribution in [-0.4, -0.2) is 9.78 Å². The second-order valence-corrected chi connectivity index (χ2v) is 3.63. The molecule has 3 heteroatoms. The average molecular weight is 201 g/mol. The summed E-state index contributed by atoms with van der Waals surface area (Å²) in [6, 6.07) is 0. The fourth-order valence-electron chi connectivity index (χ4n) is 1.45. The second-order valence-electron chi connectivity index (χ2n) is 3.37. The lowest BCUT2D eigenvalue weighted by molar-refractivity contribution is 0.681. The molecule has 0 fully saturated rings. The molecule has 13 heavy (non-hydrogen) atoms. The average Bonchev–Trinajstić information content (AvgIpc) is 2.47. The predicted octanol–water partition coefficient (Wildman–Crippen LogP) is 2.89. The van der Waals surface area contributed by atoms with E-state index in [1.54, 1.807) is 0 Å². The highest BCUT2D eigenvalue weighted by atomic mass is 35.5. The Hall–Kier alpha value is -0.500. The number of unbranched alkanes of at least 4 members (excludes halogenated alkanes) is 2. The van der Waals surface area contributed by atoms with Gasteiger partial charge in [-0.25, -0.2) is 0 Å². The quantitative estimate of drug-likeness (QED) is 0.528. The molecule has 0 radical (unpaired) electrons. The molecule has 1 aromatic rings. The van der Waals surface area contributed by atoms with Gasteiger partial charge in [0.2, 0.25) is 0 Å². The summed E-state index contributed by atoms with van der Waals surface area (Å²) in [7, 11) is 1.94. The van der Waals surface area contributed by atoms with Crippen molar-refractivity contribution in [1.29, 1.82) is 0 Å². The minimum Gasteiger partial charge on any atom is -0.275 e. The maximum atomic E-state index is 5.80. The van der Waals surface area contributed by atoms with Gasteiger partial charge in [-0.3, -0.25) is 4.68 Å². The molecule has 1 aromatic heterocycles. The Kier molecular flexibility index (Phi) is 4.29. The molecule has 0 aromatic carbocycles. The molecule has 1 rings (SSSR count). The van der Waals surface area contributed by atoms with Crippen molar-refractivity contribution >= 4 is 11.6 Å². The van der Waals surface area contributed by atoms with Crippen LogP contribution in [-0.2, 0) is 19.3 Å². The second kappa shape index (κ2) is 5.28. The predicted molar refractivity (Wildman–Crippen MR) is 56.0 cm³/mol. The maximum absolute atomic E-state index is 5.80. The van der Waals surface area contributed by atoms with E-state index in [-0.39, 0.29) is 0 Å². The van der Waals surface area contributed by atoms with E-state index in [1.807, 2.05) is 17.9 Å². The van der Waals surface area contributed by atoms with Gasteiger partial charge in [0.05, 0.1) is 11.6 Å². The smallest absolute Gasteiger partial charge is 0.0668 e. The summed E-state index contributed by atoms with van der Waals surface area (Å²) in [4.78, 5) is 0. The van der Waals surface area contributed by atoms with Crippen LogP contribution in [0.2, 0.25) is 0 Å². The van der Waals surface area contributed by atoms with E-state index in [2.05, 4.69) is 12.0 Å². The van der Waals surface area contributed by atoms with Crippen LogP contribution in [0.25, 0.3) is 0 Å². The Morgan fingerprint density at radius 2 is 2.23 bits per heavy atom. The third kappa shape index (κ3) is 3.03. The number of rotatable bonds is 5. The van der Waals surface area contributed by atoms with Crippen LogP contribution in [0.4, 0.5) is 0 Å². The van der Waals surface area contributed by atoms with Gasteiger partial charge in [0.15, 0.2) is 0 Å². The van der Waals surface area contributed by atoms with E-state index in [0.29, 0.717) is 5.88 Å². The Labute approximate surface area is 84.9 Å². The zero-order valence-electron chi connectivity index (χ0n) is 8.39. The standard InChI is InChI=1S/C10H17ClN2/c1-3-4-5-6-10-9(7-11)8-13(2)12-10/h8H,3-7H2,1-2H3. The maximum Gasteiger partial charge on any atom is 0.0668 e. The van der Waals surface area contributed by atoms with E-state index < -0.39 is 0 Å². The number of alkyl halides is 1. The lowest BCUT2D eigenvalue weighted by Crippen LogP contribution is -1.92. The molecule has 74 valence electrons. The molecular formula is C10H17ClN2. The molecule has 0 saturated heterocycles. The highest BCUT2D eigenvalue weighted by molar-refractivity contribution is 6.17. The van der Waals surface area contributed by atoms with Gasteiger partial charge < -0.3 is 0 Å². The van der Waals surface area contributed by atoms with Gasteiger partial charge in [-0.15, -0.1) is 11.6 Å². The number of nitrogens with zero attached hydrogens (tertiary/aromatic N) is 2. The molecule has 0 aliphatic carbocycles. The van der Waals surface area contributed by atoms with Crippen LogP contribution in [0.5, 0.6) is 0 Å². The van der Waals surface area contributed by atoms with Crippen molar-refractivity contribution in [3.05, 3.63) is 17.5 Å². The number of halogens is 1. The Morgan fingerprint density at radius 1 is 1.46 bits per heavy atom. The van der Waals surface area contributed by atoms with E-state index in [0.717, 1.165) is 6.42 Å². The monoisotopic (exact) mass is 200 g/mol. The van der Waals surface area contributed by atoms with Gasteiger partial charge in [-0.2, -0.15) is 5.10 Å². The van der Waals surface area contributed by atoms with Gasteiger partial charge in [0, 0.05) is 18.8 Å². The molecule has 0 bridgehead atoms. The molecule has 0 unspecified atom stereocenters. The summed E-state index contributed by atoms with van der Waals surface area (Å²) in [6.45, 7) is 2.21. The Bertz CT molecular complexity index is 255. The highest BCUT2D eigenvalue weighted by Crippen LogP contribution is 2.12. The van der Waals surface area contributed by atoms with Gasteiger partial charge in [-0.1, -0.05) is 19.8 Å². The molecule has 1 heterocycles. The number of hydrogen-bond donors (Lipinski definition) is 0. The van der Waals surface area contributed by atoms with Crippen molar-refractivity contribution in [2.45, 2.75) is 38.5 Å². The Morgan fingerprint density at radius 3 is 2.85 bits per heavy atom. The normalized spacial score (nSPS) is 10.7. The van der Waals surface area contributed by atoms with E-state index in [1.165, 1.54) is 30.5 Å². The largest absolute Gasteiger partial charge is 0.275 e. The first kappa shape index (κ1) is 10.6. The summed E-state index contributed by atoms with van der Waals surface area (Å²) in [5.41, 5.74) is 2.35. The minimum atomic E-state index is 0.579. The summed E-state index contributed by atoms with van der Waals surface area (Å²) < 4.78 is 1.85. The molecule has 0 spiro atoms. The lowest BCUT2D eigenvalue weighted by Gasteiger charge is -1.97. The van der Waals surface area contributed by atoms with Crippen LogP contribution >= 0.6 is 11.6 Å². The fourth-order valence-corrected chi connectivity index (χ4v) is 1.67. The van der Waals surface area contributed by atoms with Gasteiger partial charge >= 0.3 is 0 Å². The third-order valence-corrected chi connectivity index (χ3v) is 2.44. The highest BCUT2D eigenvalue weighted by Gasteiger charge is 2.05. The summed E-state index contributed by atoms with van der Waals surface area (Å²) in [6.07, 6.45) is 6.82. The van der Waals surface area contributed by atoms with E-state index >= 15 is 0 Å². The Balaban J connectivity index is 2.53. The molecule has 0 amide bonds. The zero-order valence-corrected chi connectivity index (χ0v) is 9.14. The lowest BCUT2D eigenvalue weighted by atomic mass is 10.1. The van der Waals surface area contributed by atoms with Crippen molar-refractivity contribution < 1.29 is 0 Å². The minimum absolute atomic E-state index is 0.579. The number of aromatic nitrogens is 2. The van der Waals surface area contributed by atoms with Crippen LogP contribution in [0, 0.1) is 0 Å². The van der Waals surface area contributed by atoms with Crippen molar-refractivity contribution in [2.75, 3.05) is 0 Å². The van der Waals surface area contributed by atoms with Crippen LogP contribution < -0.4 is 0 Å². The third-order valence-electron chi connectivity index (χ3n) is 2.15. The van der Waals surface area contributed by atoms with Gasteiger partial charge in [-0.05, 0) is 12.8 Å².